The number of para-hydroxylation sites is 3. The van der Waals surface area contributed by atoms with Gasteiger partial charge in [-0.25, -0.2) is 0 Å². The molecule has 1 fully saturated rings. The van der Waals surface area contributed by atoms with E-state index in [2.05, 4.69) is 33.4 Å². The Morgan fingerprint density at radius 2 is 2.04 bits per heavy atom. The molecule has 5 nitrogen and oxygen atoms in total. The molecule has 1 saturated heterocycles. The lowest BCUT2D eigenvalue weighted by Gasteiger charge is -2.21. The summed E-state index contributed by atoms with van der Waals surface area (Å²) in [6.07, 6.45) is 4.37. The van der Waals surface area contributed by atoms with Crippen LogP contribution in [0.2, 0.25) is 0 Å². The zero-order valence-corrected chi connectivity index (χ0v) is 16.3. The third-order valence-electron chi connectivity index (χ3n) is 5.60. The highest BCUT2D eigenvalue weighted by molar-refractivity contribution is 5.84. The Kier molecular flexibility index (Phi) is 5.51. The van der Waals surface area contributed by atoms with Crippen LogP contribution in [0.5, 0.6) is 5.75 Å². The van der Waals surface area contributed by atoms with Gasteiger partial charge in [0.15, 0.2) is 0 Å². The van der Waals surface area contributed by atoms with Gasteiger partial charge in [0.2, 0.25) is 5.91 Å². The number of nitrogens with zero attached hydrogens (tertiary/aromatic N) is 1. The van der Waals surface area contributed by atoms with Crippen molar-refractivity contribution in [3.05, 3.63) is 60.3 Å². The van der Waals surface area contributed by atoms with E-state index in [-0.39, 0.29) is 5.91 Å². The molecule has 0 aliphatic carbocycles. The number of methoxy groups -OCH3 is 1. The summed E-state index contributed by atoms with van der Waals surface area (Å²) in [5.74, 6) is 1.51. The van der Waals surface area contributed by atoms with Gasteiger partial charge < -0.3 is 19.9 Å². The maximum Gasteiger partial charge on any atom is 0.220 e. The molecule has 28 heavy (non-hydrogen) atoms. The molecule has 0 saturated carbocycles. The van der Waals surface area contributed by atoms with Crippen LogP contribution in [-0.2, 0) is 11.2 Å². The topological polar surface area (TPSA) is 57.4 Å². The lowest BCUT2D eigenvalue weighted by molar-refractivity contribution is -0.121. The monoisotopic (exact) mass is 377 g/mol. The Hall–Kier alpha value is -2.95. The summed E-state index contributed by atoms with van der Waals surface area (Å²) in [6, 6.07) is 16.3. The zero-order valence-electron chi connectivity index (χ0n) is 16.3. The van der Waals surface area contributed by atoms with Crippen LogP contribution in [0.3, 0.4) is 0 Å². The Labute approximate surface area is 165 Å². The van der Waals surface area contributed by atoms with E-state index in [1.54, 1.807) is 7.11 Å². The molecule has 2 heterocycles. The summed E-state index contributed by atoms with van der Waals surface area (Å²) in [5, 5.41) is 4.34. The van der Waals surface area contributed by atoms with Crippen molar-refractivity contribution in [1.82, 2.24) is 10.3 Å². The minimum Gasteiger partial charge on any atom is -0.495 e. The van der Waals surface area contributed by atoms with Crippen LogP contribution in [0.4, 0.5) is 5.69 Å². The van der Waals surface area contributed by atoms with E-state index in [1.165, 1.54) is 10.9 Å². The third kappa shape index (κ3) is 3.98. The lowest BCUT2D eigenvalue weighted by atomic mass is 10.1. The molecule has 3 aromatic rings. The summed E-state index contributed by atoms with van der Waals surface area (Å²) in [7, 11) is 1.71. The minimum absolute atomic E-state index is 0.126. The van der Waals surface area contributed by atoms with Crippen LogP contribution in [0, 0.1) is 5.92 Å². The fourth-order valence-electron chi connectivity index (χ4n) is 4.04. The number of anilines is 1. The zero-order chi connectivity index (χ0) is 19.3. The molecule has 5 heteroatoms. The largest absolute Gasteiger partial charge is 0.495 e. The number of carbonyl (C=O) groups excluding carboxylic acids is 1. The van der Waals surface area contributed by atoms with Gasteiger partial charge in [-0.15, -0.1) is 0 Å². The Bertz CT molecular complexity index is 950. The van der Waals surface area contributed by atoms with Gasteiger partial charge >= 0.3 is 0 Å². The smallest absolute Gasteiger partial charge is 0.220 e. The van der Waals surface area contributed by atoms with Gasteiger partial charge in [0.05, 0.1) is 12.8 Å². The second-order valence-corrected chi connectivity index (χ2v) is 7.44. The predicted octanol–water partition coefficient (Wildman–Crippen LogP) is 3.75. The molecule has 0 spiro atoms. The highest BCUT2D eigenvalue weighted by Gasteiger charge is 2.24. The summed E-state index contributed by atoms with van der Waals surface area (Å²) in [5.41, 5.74) is 3.47. The maximum atomic E-state index is 12.3. The van der Waals surface area contributed by atoms with E-state index >= 15 is 0 Å². The molecule has 1 aliphatic rings. The average molecular weight is 377 g/mol. The Morgan fingerprint density at radius 3 is 2.93 bits per heavy atom. The summed E-state index contributed by atoms with van der Waals surface area (Å²) < 4.78 is 5.48. The first kappa shape index (κ1) is 18.4. The molecule has 2 aromatic carbocycles. The molecule has 146 valence electrons. The van der Waals surface area contributed by atoms with Gasteiger partial charge in [0, 0.05) is 43.2 Å². The van der Waals surface area contributed by atoms with Crippen LogP contribution in [0.15, 0.2) is 54.7 Å². The Balaban J connectivity index is 1.25. The molecule has 0 bridgehead atoms. The summed E-state index contributed by atoms with van der Waals surface area (Å²) in [6.45, 7) is 2.68. The van der Waals surface area contributed by atoms with Crippen molar-refractivity contribution < 1.29 is 9.53 Å². The second-order valence-electron chi connectivity index (χ2n) is 7.44. The number of aromatic nitrogens is 1. The van der Waals surface area contributed by atoms with Gasteiger partial charge in [-0.2, -0.15) is 0 Å². The molecular formula is C23H27N3O2. The number of fused-ring (bicyclic) bond motifs is 1. The van der Waals surface area contributed by atoms with Crippen molar-refractivity contribution in [3.63, 3.8) is 0 Å². The number of hydrogen-bond donors (Lipinski definition) is 2. The second kappa shape index (κ2) is 8.38. The summed E-state index contributed by atoms with van der Waals surface area (Å²) in [4.78, 5) is 17.9. The van der Waals surface area contributed by atoms with Gasteiger partial charge in [0.25, 0.3) is 0 Å². The number of rotatable bonds is 7. The van der Waals surface area contributed by atoms with E-state index < -0.39 is 0 Å². The van der Waals surface area contributed by atoms with Crippen molar-refractivity contribution in [2.24, 2.45) is 5.92 Å². The van der Waals surface area contributed by atoms with Gasteiger partial charge in [0.1, 0.15) is 5.75 Å². The molecule has 4 rings (SSSR count). The van der Waals surface area contributed by atoms with Crippen LogP contribution in [-0.4, -0.2) is 37.6 Å². The molecule has 2 N–H and O–H groups in total. The van der Waals surface area contributed by atoms with Gasteiger partial charge in [-0.1, -0.05) is 30.3 Å². The highest BCUT2D eigenvalue weighted by Crippen LogP contribution is 2.31. The standard InChI is InChI=1S/C23H27N3O2/c1-28-22-9-5-4-8-21(22)26-13-12-17(16-26)14-25-23(27)11-10-18-15-24-20-7-3-2-6-19(18)20/h2-9,15,17,24H,10-14,16H2,1H3,(H,25,27)/t17-/m1/s1. The van der Waals surface area contributed by atoms with Crippen molar-refractivity contribution in [2.75, 3.05) is 31.6 Å². The molecule has 1 aliphatic heterocycles. The molecule has 0 radical (unpaired) electrons. The first-order chi connectivity index (χ1) is 13.7. The van der Waals surface area contributed by atoms with Crippen molar-refractivity contribution in [1.29, 1.82) is 0 Å². The van der Waals surface area contributed by atoms with Gasteiger partial charge in [-0.05, 0) is 42.5 Å². The molecule has 0 unspecified atom stereocenters. The first-order valence-electron chi connectivity index (χ1n) is 9.94. The number of nitrogens with one attached hydrogen (secondary N) is 2. The number of benzene rings is 2. The third-order valence-corrected chi connectivity index (χ3v) is 5.60. The SMILES string of the molecule is COc1ccccc1N1CC[C@H](CNC(=O)CCc2c[nH]c3ccccc23)C1. The van der Waals surface area contributed by atoms with E-state index in [4.69, 9.17) is 4.74 Å². The molecule has 1 atom stereocenters. The van der Waals surface area contributed by atoms with E-state index in [0.29, 0.717) is 12.3 Å². The van der Waals surface area contributed by atoms with Crippen molar-refractivity contribution in [2.45, 2.75) is 19.3 Å². The highest BCUT2D eigenvalue weighted by atomic mass is 16.5. The fourth-order valence-corrected chi connectivity index (χ4v) is 4.04. The van der Waals surface area contributed by atoms with Crippen LogP contribution in [0.25, 0.3) is 10.9 Å². The number of aryl methyl sites for hydroxylation is 1. The van der Waals surface area contributed by atoms with E-state index in [9.17, 15) is 4.79 Å². The average Bonchev–Trinajstić information content (AvgIpc) is 3.38. The van der Waals surface area contributed by atoms with Crippen molar-refractivity contribution >= 4 is 22.5 Å². The number of H-pyrrole nitrogens is 1. The number of carbonyl (C=O) groups is 1. The fraction of sp³-hybridized carbons (Fsp3) is 0.348. The summed E-state index contributed by atoms with van der Waals surface area (Å²) >= 11 is 0. The Morgan fingerprint density at radius 1 is 1.21 bits per heavy atom. The van der Waals surface area contributed by atoms with Crippen molar-refractivity contribution in [3.8, 4) is 5.75 Å². The predicted molar refractivity (Wildman–Crippen MR) is 113 cm³/mol. The molecule has 1 amide bonds. The normalized spacial score (nSPS) is 16.5. The lowest BCUT2D eigenvalue weighted by Crippen LogP contribution is -2.31. The van der Waals surface area contributed by atoms with Crippen LogP contribution >= 0.6 is 0 Å². The van der Waals surface area contributed by atoms with Crippen LogP contribution in [0.1, 0.15) is 18.4 Å². The minimum atomic E-state index is 0.126. The molecular weight excluding hydrogens is 350 g/mol. The number of aromatic amines is 1. The van der Waals surface area contributed by atoms with Gasteiger partial charge in [-0.3, -0.25) is 4.79 Å². The molecule has 1 aromatic heterocycles. The number of ether oxygens (including phenoxy) is 1. The van der Waals surface area contributed by atoms with E-state index in [0.717, 1.165) is 49.4 Å². The maximum absolute atomic E-state index is 12.3. The first-order valence-corrected chi connectivity index (χ1v) is 9.94. The van der Waals surface area contributed by atoms with Crippen LogP contribution < -0.4 is 15.0 Å². The number of hydrogen-bond acceptors (Lipinski definition) is 3. The van der Waals surface area contributed by atoms with E-state index in [1.807, 2.05) is 36.5 Å². The number of amides is 1. The quantitative estimate of drug-likeness (QED) is 0.659.